The van der Waals surface area contributed by atoms with Crippen LogP contribution in [0.5, 0.6) is 0 Å². The summed E-state index contributed by atoms with van der Waals surface area (Å²) in [6.45, 7) is 5.19. The molecule has 1 aromatic carbocycles. The van der Waals surface area contributed by atoms with Crippen molar-refractivity contribution >= 4 is 42.8 Å². The van der Waals surface area contributed by atoms with Crippen molar-refractivity contribution in [3.63, 3.8) is 0 Å². The Labute approximate surface area is 185 Å². The summed E-state index contributed by atoms with van der Waals surface area (Å²) in [5.41, 5.74) is -0.154. The van der Waals surface area contributed by atoms with Gasteiger partial charge in [0.1, 0.15) is 14.2 Å². The summed E-state index contributed by atoms with van der Waals surface area (Å²) >= 11 is 0.563. The Hall–Kier alpha value is -1.76. The summed E-state index contributed by atoms with van der Waals surface area (Å²) < 4.78 is 81.8. The zero-order chi connectivity index (χ0) is 23.2. The first-order valence-electron chi connectivity index (χ1n) is 9.52. The van der Waals surface area contributed by atoms with Gasteiger partial charge >= 0.3 is 0 Å². The van der Waals surface area contributed by atoms with E-state index in [4.69, 9.17) is 0 Å². The Kier molecular flexibility index (Phi) is 6.40. The minimum Gasteiger partial charge on any atom is -0.367 e. The van der Waals surface area contributed by atoms with Crippen LogP contribution in [0, 0.1) is 17.0 Å². The Morgan fingerprint density at radius 3 is 2.19 bits per heavy atom. The first-order chi connectivity index (χ1) is 14.2. The highest BCUT2D eigenvalue weighted by Gasteiger charge is 2.30. The topological polar surface area (TPSA) is 86.8 Å². The number of nitrogens with one attached hydrogen (secondary N) is 1. The average molecular weight is 494 g/mol. The van der Waals surface area contributed by atoms with Crippen LogP contribution in [0.1, 0.15) is 26.7 Å². The second kappa shape index (κ2) is 8.30. The fourth-order valence-electron chi connectivity index (χ4n) is 3.26. The summed E-state index contributed by atoms with van der Waals surface area (Å²) in [7, 11) is -5.41. The summed E-state index contributed by atoms with van der Waals surface area (Å²) in [5.74, 6) is -1.78. The standard InChI is InChI=1S/C19H25F2N3O4S3/c1-19(2)7-9-24(10-8-19)18-14(21)11-13(20)12-15(18)22-30(25,26)16-5-6-17(29-16)31(27,28)23(3)4/h5-6,11-12,22H,7-10H2,1-4H3. The normalized spacial score (nSPS) is 17.2. The zero-order valence-corrected chi connectivity index (χ0v) is 20.1. The molecule has 0 saturated carbocycles. The number of rotatable bonds is 6. The minimum atomic E-state index is -4.27. The highest BCUT2D eigenvalue weighted by Crippen LogP contribution is 2.38. The van der Waals surface area contributed by atoms with E-state index in [1.165, 1.54) is 20.2 Å². The van der Waals surface area contributed by atoms with E-state index < -0.39 is 31.7 Å². The maximum absolute atomic E-state index is 14.7. The van der Waals surface area contributed by atoms with Gasteiger partial charge < -0.3 is 4.90 Å². The van der Waals surface area contributed by atoms with Crippen LogP contribution in [0.25, 0.3) is 0 Å². The summed E-state index contributed by atoms with van der Waals surface area (Å²) in [5, 5.41) is 0. The monoisotopic (exact) mass is 493 g/mol. The second-order valence-electron chi connectivity index (χ2n) is 8.40. The molecule has 0 amide bonds. The molecule has 1 aliphatic rings. The van der Waals surface area contributed by atoms with Gasteiger partial charge in [-0.1, -0.05) is 13.8 Å². The number of hydrogen-bond acceptors (Lipinski definition) is 6. The molecule has 1 aromatic heterocycles. The maximum atomic E-state index is 14.7. The number of anilines is 2. The van der Waals surface area contributed by atoms with E-state index >= 15 is 0 Å². The van der Waals surface area contributed by atoms with Crippen LogP contribution < -0.4 is 9.62 Å². The highest BCUT2D eigenvalue weighted by molar-refractivity contribution is 7.96. The molecule has 172 valence electrons. The quantitative estimate of drug-likeness (QED) is 0.663. The van der Waals surface area contributed by atoms with Crippen molar-refractivity contribution < 1.29 is 25.6 Å². The highest BCUT2D eigenvalue weighted by atomic mass is 32.3. The van der Waals surface area contributed by atoms with Gasteiger partial charge in [-0.25, -0.2) is 29.9 Å². The lowest BCUT2D eigenvalue weighted by Gasteiger charge is -2.39. The van der Waals surface area contributed by atoms with E-state index in [1.54, 1.807) is 4.90 Å². The van der Waals surface area contributed by atoms with Gasteiger partial charge in [0.2, 0.25) is 0 Å². The summed E-state index contributed by atoms with van der Waals surface area (Å²) in [6.07, 6.45) is 1.54. The smallest absolute Gasteiger partial charge is 0.271 e. The van der Waals surface area contributed by atoms with Gasteiger partial charge in [0.25, 0.3) is 20.0 Å². The summed E-state index contributed by atoms with van der Waals surface area (Å²) in [4.78, 5) is 1.70. The predicted octanol–water partition coefficient (Wildman–Crippen LogP) is 3.70. The molecule has 0 spiro atoms. The average Bonchev–Trinajstić information content (AvgIpc) is 3.14. The van der Waals surface area contributed by atoms with E-state index in [9.17, 15) is 25.6 Å². The number of halogens is 2. The lowest BCUT2D eigenvalue weighted by atomic mass is 9.82. The van der Waals surface area contributed by atoms with Gasteiger partial charge in [-0.3, -0.25) is 4.72 Å². The fraction of sp³-hybridized carbons (Fsp3) is 0.474. The predicted molar refractivity (Wildman–Crippen MR) is 118 cm³/mol. The van der Waals surface area contributed by atoms with Crippen molar-refractivity contribution in [1.29, 1.82) is 0 Å². The third kappa shape index (κ3) is 5.02. The van der Waals surface area contributed by atoms with Crippen molar-refractivity contribution in [2.45, 2.75) is 35.1 Å². The van der Waals surface area contributed by atoms with Crippen LogP contribution in [0.4, 0.5) is 20.2 Å². The van der Waals surface area contributed by atoms with Gasteiger partial charge in [0.05, 0.1) is 11.4 Å². The van der Waals surface area contributed by atoms with Crippen molar-refractivity contribution in [3.05, 3.63) is 35.9 Å². The van der Waals surface area contributed by atoms with Gasteiger partial charge in [0.15, 0.2) is 5.82 Å². The molecule has 3 rings (SSSR count). The van der Waals surface area contributed by atoms with Crippen LogP contribution in [0.15, 0.2) is 32.7 Å². The van der Waals surface area contributed by atoms with Crippen LogP contribution in [-0.4, -0.2) is 48.3 Å². The zero-order valence-electron chi connectivity index (χ0n) is 17.6. The molecule has 0 radical (unpaired) electrons. The molecule has 0 atom stereocenters. The molecule has 0 aliphatic carbocycles. The van der Waals surface area contributed by atoms with Crippen LogP contribution in [-0.2, 0) is 20.0 Å². The Morgan fingerprint density at radius 1 is 1.03 bits per heavy atom. The van der Waals surface area contributed by atoms with E-state index in [0.717, 1.165) is 35.3 Å². The first-order valence-corrected chi connectivity index (χ1v) is 13.3. The first kappa shape index (κ1) is 23.9. The van der Waals surface area contributed by atoms with Gasteiger partial charge in [0, 0.05) is 39.3 Å². The number of nitrogens with zero attached hydrogens (tertiary/aromatic N) is 2. The molecule has 7 nitrogen and oxygen atoms in total. The van der Waals surface area contributed by atoms with Crippen LogP contribution in [0.3, 0.4) is 0 Å². The van der Waals surface area contributed by atoms with Crippen molar-refractivity contribution in [2.75, 3.05) is 36.8 Å². The number of hydrogen-bond donors (Lipinski definition) is 1. The number of benzene rings is 1. The number of sulfonamides is 2. The van der Waals surface area contributed by atoms with Gasteiger partial charge in [-0.05, 0) is 30.4 Å². The molecule has 0 bridgehead atoms. The van der Waals surface area contributed by atoms with Gasteiger partial charge in [-0.15, -0.1) is 11.3 Å². The fourth-order valence-corrected chi connectivity index (χ4v) is 7.25. The van der Waals surface area contributed by atoms with Crippen molar-refractivity contribution in [3.8, 4) is 0 Å². The third-order valence-electron chi connectivity index (χ3n) is 5.26. The maximum Gasteiger partial charge on any atom is 0.271 e. The minimum absolute atomic E-state index is 0.0156. The molecule has 0 unspecified atom stereocenters. The molecule has 1 saturated heterocycles. The Bertz CT molecular complexity index is 1180. The Morgan fingerprint density at radius 2 is 1.61 bits per heavy atom. The Balaban J connectivity index is 1.96. The number of thiophene rings is 1. The molecular weight excluding hydrogens is 468 g/mol. The lowest BCUT2D eigenvalue weighted by Crippen LogP contribution is -2.38. The summed E-state index contributed by atoms with van der Waals surface area (Å²) in [6, 6.07) is 4.00. The SMILES string of the molecule is CN(C)S(=O)(=O)c1ccc(S(=O)(=O)Nc2cc(F)cc(F)c2N2CCC(C)(C)CC2)s1. The molecule has 2 aromatic rings. The van der Waals surface area contributed by atoms with Gasteiger partial charge in [-0.2, -0.15) is 0 Å². The van der Waals surface area contributed by atoms with Crippen LogP contribution >= 0.6 is 11.3 Å². The van der Waals surface area contributed by atoms with E-state index in [1.807, 2.05) is 0 Å². The second-order valence-corrected chi connectivity index (χ2v) is 13.8. The van der Waals surface area contributed by atoms with E-state index in [0.29, 0.717) is 24.4 Å². The lowest BCUT2D eigenvalue weighted by molar-refractivity contribution is 0.279. The molecule has 31 heavy (non-hydrogen) atoms. The van der Waals surface area contributed by atoms with Crippen molar-refractivity contribution in [1.82, 2.24) is 4.31 Å². The molecule has 2 heterocycles. The molecule has 12 heteroatoms. The molecule has 1 N–H and O–H groups in total. The molecule has 1 fully saturated rings. The van der Waals surface area contributed by atoms with Crippen LogP contribution in [0.2, 0.25) is 0 Å². The third-order valence-corrected chi connectivity index (χ3v) is 10.5. The van der Waals surface area contributed by atoms with E-state index in [2.05, 4.69) is 18.6 Å². The van der Waals surface area contributed by atoms with E-state index in [-0.39, 0.29) is 25.2 Å². The van der Waals surface area contributed by atoms with Crippen molar-refractivity contribution in [2.24, 2.45) is 5.41 Å². The largest absolute Gasteiger partial charge is 0.367 e. The molecule has 1 aliphatic heterocycles. The molecular formula is C19H25F2N3O4S3. The number of piperidine rings is 1.